The summed E-state index contributed by atoms with van der Waals surface area (Å²) in [5.74, 6) is -0.210. The molecule has 28 heavy (non-hydrogen) atoms. The number of aromatic nitrogens is 1. The molecule has 142 valence electrons. The van der Waals surface area contributed by atoms with E-state index in [1.165, 1.54) is 5.46 Å². The maximum Gasteiger partial charge on any atom is 0.310 e. The van der Waals surface area contributed by atoms with Crippen LogP contribution in [0.15, 0.2) is 41.9 Å². The van der Waals surface area contributed by atoms with E-state index in [1.807, 2.05) is 25.3 Å². The molecule has 0 N–H and O–H groups in total. The smallest absolute Gasteiger partial charge is 0.310 e. The summed E-state index contributed by atoms with van der Waals surface area (Å²) < 4.78 is 8.43. The van der Waals surface area contributed by atoms with E-state index in [9.17, 15) is 4.79 Å². The van der Waals surface area contributed by atoms with Crippen LogP contribution in [0.3, 0.4) is 0 Å². The first-order valence-electron chi connectivity index (χ1n) is 9.06. The van der Waals surface area contributed by atoms with Gasteiger partial charge in [0.1, 0.15) is 7.85 Å². The van der Waals surface area contributed by atoms with Gasteiger partial charge in [0.2, 0.25) is 0 Å². The molecule has 2 heterocycles. The van der Waals surface area contributed by atoms with Crippen molar-refractivity contribution in [3.05, 3.63) is 63.1 Å². The van der Waals surface area contributed by atoms with Crippen molar-refractivity contribution in [2.45, 2.75) is 19.9 Å². The lowest BCUT2D eigenvalue weighted by atomic mass is 9.94. The zero-order valence-electron chi connectivity index (χ0n) is 15.6. The molecule has 0 aliphatic rings. The van der Waals surface area contributed by atoms with E-state index in [-0.39, 0.29) is 12.4 Å². The van der Waals surface area contributed by atoms with E-state index in [0.29, 0.717) is 23.2 Å². The number of fused-ring (bicyclic) bond motifs is 2. The molecule has 0 fully saturated rings. The van der Waals surface area contributed by atoms with Crippen LogP contribution in [0.25, 0.3) is 21.0 Å². The zero-order chi connectivity index (χ0) is 19.8. The highest BCUT2D eigenvalue weighted by atomic mass is 35.5. The van der Waals surface area contributed by atoms with Gasteiger partial charge in [0.05, 0.1) is 23.1 Å². The van der Waals surface area contributed by atoms with E-state index in [2.05, 4.69) is 36.0 Å². The predicted octanol–water partition coefficient (Wildman–Crippen LogP) is 4.58. The van der Waals surface area contributed by atoms with Gasteiger partial charge in [0.15, 0.2) is 0 Å². The van der Waals surface area contributed by atoms with Crippen LogP contribution in [-0.4, -0.2) is 25.0 Å². The second-order valence-corrected chi connectivity index (χ2v) is 8.48. The standard InChI is InChI=1S/C21H18BCl2NO2S/c1-2-27-19(26)7-12-9-25(17-8-14(22)3-4-15(12)17)10-13-11-28-18-6-5-16(23)21(24)20(13)18/h3-6,8-9,11H,2,7,10,22H2,1H3. The lowest BCUT2D eigenvalue weighted by Crippen LogP contribution is -2.07. The van der Waals surface area contributed by atoms with Gasteiger partial charge in [0.25, 0.3) is 0 Å². The minimum Gasteiger partial charge on any atom is -0.466 e. The van der Waals surface area contributed by atoms with Gasteiger partial charge in [-0.05, 0) is 41.6 Å². The Morgan fingerprint density at radius 1 is 1.21 bits per heavy atom. The maximum atomic E-state index is 12.0. The molecule has 2 aromatic carbocycles. The molecule has 7 heteroatoms. The van der Waals surface area contributed by atoms with Gasteiger partial charge in [-0.15, -0.1) is 11.3 Å². The minimum absolute atomic E-state index is 0.210. The molecule has 0 unspecified atom stereocenters. The summed E-state index contributed by atoms with van der Waals surface area (Å²) in [7, 11) is 2.07. The number of ether oxygens (including phenoxy) is 1. The monoisotopic (exact) mass is 429 g/mol. The van der Waals surface area contributed by atoms with Crippen LogP contribution in [0.1, 0.15) is 18.1 Å². The predicted molar refractivity (Wildman–Crippen MR) is 121 cm³/mol. The topological polar surface area (TPSA) is 31.2 Å². The first kappa shape index (κ1) is 19.4. The quantitative estimate of drug-likeness (QED) is 0.343. The van der Waals surface area contributed by atoms with Crippen LogP contribution < -0.4 is 5.46 Å². The first-order chi connectivity index (χ1) is 13.5. The van der Waals surface area contributed by atoms with E-state index >= 15 is 0 Å². The summed E-state index contributed by atoms with van der Waals surface area (Å²) in [6.07, 6.45) is 2.31. The lowest BCUT2D eigenvalue weighted by molar-refractivity contribution is -0.142. The Labute approximate surface area is 178 Å². The molecule has 0 saturated carbocycles. The molecule has 0 aliphatic carbocycles. The largest absolute Gasteiger partial charge is 0.466 e. The molecule has 0 aliphatic heterocycles. The maximum absolute atomic E-state index is 12.0. The Morgan fingerprint density at radius 3 is 2.82 bits per heavy atom. The van der Waals surface area contributed by atoms with Crippen LogP contribution in [0.5, 0.6) is 0 Å². The number of carbonyl (C=O) groups excluding carboxylic acids is 1. The highest BCUT2D eigenvalue weighted by molar-refractivity contribution is 7.17. The molecule has 0 radical (unpaired) electrons. The number of carbonyl (C=O) groups is 1. The molecule has 4 aromatic rings. The summed E-state index contributed by atoms with van der Waals surface area (Å²) in [6, 6.07) is 10.1. The highest BCUT2D eigenvalue weighted by Gasteiger charge is 2.16. The van der Waals surface area contributed by atoms with Crippen LogP contribution in [-0.2, 0) is 22.5 Å². The Bertz CT molecular complexity index is 1200. The second kappa shape index (κ2) is 7.82. The second-order valence-electron chi connectivity index (χ2n) is 6.78. The fraction of sp³-hybridized carbons (Fsp3) is 0.190. The Balaban J connectivity index is 1.80. The minimum atomic E-state index is -0.210. The van der Waals surface area contributed by atoms with Crippen LogP contribution in [0.4, 0.5) is 0 Å². The average molecular weight is 430 g/mol. The molecule has 4 rings (SSSR count). The molecule has 0 bridgehead atoms. The molecule has 3 nitrogen and oxygen atoms in total. The fourth-order valence-electron chi connectivity index (χ4n) is 3.54. The van der Waals surface area contributed by atoms with Gasteiger partial charge in [-0.3, -0.25) is 4.79 Å². The molecular formula is C21H18BCl2NO2S. The molecule has 0 atom stereocenters. The zero-order valence-corrected chi connectivity index (χ0v) is 17.9. The van der Waals surface area contributed by atoms with Crippen molar-refractivity contribution < 1.29 is 9.53 Å². The molecule has 2 aromatic heterocycles. The van der Waals surface area contributed by atoms with Crippen molar-refractivity contribution in [1.29, 1.82) is 0 Å². The summed E-state index contributed by atoms with van der Waals surface area (Å²) in [5.41, 5.74) is 4.35. The van der Waals surface area contributed by atoms with Crippen molar-refractivity contribution in [2.24, 2.45) is 0 Å². The van der Waals surface area contributed by atoms with Gasteiger partial charge in [0, 0.05) is 33.7 Å². The number of nitrogens with zero attached hydrogens (tertiary/aromatic N) is 1. The number of rotatable bonds is 5. The number of esters is 1. The van der Waals surface area contributed by atoms with Crippen molar-refractivity contribution in [2.75, 3.05) is 6.61 Å². The van der Waals surface area contributed by atoms with E-state index in [0.717, 1.165) is 32.1 Å². The molecule has 0 spiro atoms. The molecule has 0 saturated heterocycles. The SMILES string of the molecule is Bc1ccc2c(CC(=O)OCC)cn(Cc3csc4ccc(Cl)c(Cl)c34)c2c1. The van der Waals surface area contributed by atoms with Crippen molar-refractivity contribution in [3.63, 3.8) is 0 Å². The van der Waals surface area contributed by atoms with Crippen LogP contribution >= 0.6 is 34.5 Å². The van der Waals surface area contributed by atoms with E-state index in [4.69, 9.17) is 27.9 Å². The molecular weight excluding hydrogens is 412 g/mol. The van der Waals surface area contributed by atoms with Crippen molar-refractivity contribution >= 4 is 74.8 Å². The third-order valence-corrected chi connectivity index (χ3v) is 6.61. The summed E-state index contributed by atoms with van der Waals surface area (Å²) in [5, 5.41) is 5.35. The molecule has 0 amide bonds. The number of hydrogen-bond donors (Lipinski definition) is 0. The van der Waals surface area contributed by atoms with Gasteiger partial charge in [-0.2, -0.15) is 0 Å². The average Bonchev–Trinajstić information content (AvgIpc) is 3.21. The first-order valence-corrected chi connectivity index (χ1v) is 10.7. The van der Waals surface area contributed by atoms with E-state index < -0.39 is 0 Å². The third kappa shape index (κ3) is 3.55. The number of hydrogen-bond acceptors (Lipinski definition) is 3. The van der Waals surface area contributed by atoms with Gasteiger partial charge in [-0.1, -0.05) is 40.8 Å². The summed E-state index contributed by atoms with van der Waals surface area (Å²) >= 11 is 14.4. The lowest BCUT2D eigenvalue weighted by Gasteiger charge is -2.07. The Morgan fingerprint density at radius 2 is 2.04 bits per heavy atom. The van der Waals surface area contributed by atoms with Crippen LogP contribution in [0.2, 0.25) is 10.0 Å². The summed E-state index contributed by atoms with van der Waals surface area (Å²) in [4.78, 5) is 12.0. The Kier molecular flexibility index (Phi) is 5.41. The highest BCUT2D eigenvalue weighted by Crippen LogP contribution is 2.37. The van der Waals surface area contributed by atoms with Gasteiger partial charge < -0.3 is 9.30 Å². The van der Waals surface area contributed by atoms with Gasteiger partial charge in [-0.25, -0.2) is 0 Å². The van der Waals surface area contributed by atoms with Crippen molar-refractivity contribution in [1.82, 2.24) is 4.57 Å². The normalized spacial score (nSPS) is 11.4. The summed E-state index contributed by atoms with van der Waals surface area (Å²) in [6.45, 7) is 2.86. The number of halogens is 2. The van der Waals surface area contributed by atoms with E-state index in [1.54, 1.807) is 11.3 Å². The van der Waals surface area contributed by atoms with Gasteiger partial charge >= 0.3 is 5.97 Å². The van der Waals surface area contributed by atoms with Crippen LogP contribution in [0, 0.1) is 0 Å². The third-order valence-electron chi connectivity index (χ3n) is 4.81. The fourth-order valence-corrected chi connectivity index (χ4v) is 5.00. The Hall–Kier alpha value is -1.95. The number of thiophene rings is 1. The number of benzene rings is 2. The van der Waals surface area contributed by atoms with Crippen molar-refractivity contribution in [3.8, 4) is 0 Å².